The lowest BCUT2D eigenvalue weighted by Crippen LogP contribution is -2.25. The molecule has 0 aliphatic rings. The van der Waals surface area contributed by atoms with E-state index in [0.29, 0.717) is 0 Å². The summed E-state index contributed by atoms with van der Waals surface area (Å²) in [7, 11) is 0. The zero-order chi connectivity index (χ0) is 11.4. The van der Waals surface area contributed by atoms with Crippen molar-refractivity contribution in [2.24, 2.45) is 5.90 Å². The molecule has 0 fully saturated rings. The van der Waals surface area contributed by atoms with Crippen molar-refractivity contribution in [3.05, 3.63) is 12.2 Å². The first-order valence-corrected chi connectivity index (χ1v) is 4.11. The van der Waals surface area contributed by atoms with Gasteiger partial charge in [-0.15, -0.1) is 0 Å². The van der Waals surface area contributed by atoms with E-state index in [2.05, 4.69) is 11.4 Å². The smallest absolute Gasteiger partial charge is 0.334 e. The summed E-state index contributed by atoms with van der Waals surface area (Å²) in [6.45, 7) is 8.73. The van der Waals surface area contributed by atoms with E-state index < -0.39 is 11.6 Å². The second-order valence-corrected chi connectivity index (χ2v) is 3.82. The van der Waals surface area contributed by atoms with Crippen LogP contribution in [0.2, 0.25) is 0 Å². The highest BCUT2D eigenvalue weighted by molar-refractivity contribution is 5.93. The molecule has 14 heavy (non-hydrogen) atoms. The van der Waals surface area contributed by atoms with Gasteiger partial charge in [0, 0.05) is 5.57 Å². The number of carbonyl (C=O) groups is 1. The Morgan fingerprint density at radius 3 is 2.36 bits per heavy atom. The van der Waals surface area contributed by atoms with E-state index in [0.717, 1.165) is 0 Å². The minimum atomic E-state index is -0.564. The molecule has 0 rings (SSSR count). The zero-order valence-corrected chi connectivity index (χ0v) is 8.72. The monoisotopic (exact) mass is 200 g/mol. The highest BCUT2D eigenvalue weighted by atomic mass is 16.6. The molecule has 0 saturated heterocycles. The lowest BCUT2D eigenvalue weighted by atomic mass is 10.1. The molecule has 0 spiro atoms. The van der Waals surface area contributed by atoms with Crippen LogP contribution in [0.4, 0.5) is 0 Å². The highest BCUT2D eigenvalue weighted by Crippen LogP contribution is 2.11. The third kappa shape index (κ3) is 5.31. The minimum Gasteiger partial charge on any atom is -0.457 e. The molecular formula is C9H16N2O3. The quantitative estimate of drug-likeness (QED) is 0.235. The Bertz CT molecular complexity index is 253. The van der Waals surface area contributed by atoms with E-state index in [-0.39, 0.29) is 17.9 Å². The Morgan fingerprint density at radius 2 is 2.00 bits per heavy atom. The maximum absolute atomic E-state index is 11.3. The molecule has 5 heteroatoms. The van der Waals surface area contributed by atoms with E-state index in [1.165, 1.54) is 0 Å². The van der Waals surface area contributed by atoms with Gasteiger partial charge in [0.2, 0.25) is 5.90 Å². The molecule has 5 nitrogen and oxygen atoms in total. The van der Waals surface area contributed by atoms with Gasteiger partial charge in [-0.2, -0.15) is 5.90 Å². The number of nitrogens with two attached hydrogens (primary N) is 1. The average molecular weight is 200 g/mol. The fourth-order valence-electron chi connectivity index (χ4n) is 0.658. The molecule has 0 aromatic heterocycles. The minimum absolute atomic E-state index is 0.0363. The Balaban J connectivity index is 4.15. The van der Waals surface area contributed by atoms with Crippen LogP contribution in [0.5, 0.6) is 0 Å². The summed E-state index contributed by atoms with van der Waals surface area (Å²) < 4.78 is 5.01. The maximum atomic E-state index is 11.3. The van der Waals surface area contributed by atoms with Crippen molar-refractivity contribution < 1.29 is 14.4 Å². The van der Waals surface area contributed by atoms with Crippen LogP contribution in [0.15, 0.2) is 12.2 Å². The number of nitrogens with one attached hydrogen (secondary N) is 1. The molecule has 0 aliphatic carbocycles. The van der Waals surface area contributed by atoms with Gasteiger partial charge in [0.15, 0.2) is 0 Å². The molecule has 0 saturated carbocycles. The first-order chi connectivity index (χ1) is 6.26. The topological polar surface area (TPSA) is 85.4 Å². The van der Waals surface area contributed by atoms with E-state index >= 15 is 0 Å². The summed E-state index contributed by atoms with van der Waals surface area (Å²) in [6, 6.07) is 0. The SMILES string of the molecule is C=C(CC(=N)ON)C(=O)OC(C)(C)C. The average Bonchev–Trinajstić information content (AvgIpc) is 2.00. The highest BCUT2D eigenvalue weighted by Gasteiger charge is 2.19. The van der Waals surface area contributed by atoms with Crippen LogP contribution in [0.25, 0.3) is 0 Å². The third-order valence-electron chi connectivity index (χ3n) is 1.20. The molecular weight excluding hydrogens is 184 g/mol. The third-order valence-corrected chi connectivity index (χ3v) is 1.20. The number of hydrogen-bond acceptors (Lipinski definition) is 5. The Hall–Kier alpha value is -1.36. The number of hydrogen-bond donors (Lipinski definition) is 2. The molecule has 0 aliphatic heterocycles. The van der Waals surface area contributed by atoms with Crippen LogP contribution in [0, 0.1) is 5.41 Å². The molecule has 0 aromatic rings. The lowest BCUT2D eigenvalue weighted by Gasteiger charge is -2.20. The van der Waals surface area contributed by atoms with Gasteiger partial charge in [-0.1, -0.05) is 6.58 Å². The number of carbonyl (C=O) groups excluding carboxylic acids is 1. The van der Waals surface area contributed by atoms with Crippen molar-refractivity contribution in [2.45, 2.75) is 32.8 Å². The maximum Gasteiger partial charge on any atom is 0.334 e. The Labute approximate surface area is 83.3 Å². The molecule has 3 N–H and O–H groups in total. The van der Waals surface area contributed by atoms with Crippen LogP contribution in [-0.2, 0) is 14.4 Å². The van der Waals surface area contributed by atoms with Gasteiger partial charge < -0.3 is 9.57 Å². The summed E-state index contributed by atoms with van der Waals surface area (Å²) in [5.41, 5.74) is -0.415. The van der Waals surface area contributed by atoms with E-state index in [9.17, 15) is 4.79 Å². The Morgan fingerprint density at radius 1 is 1.50 bits per heavy atom. The lowest BCUT2D eigenvalue weighted by molar-refractivity contribution is -0.149. The van der Waals surface area contributed by atoms with Gasteiger partial charge in [-0.25, -0.2) is 4.79 Å². The predicted molar refractivity (Wildman–Crippen MR) is 52.6 cm³/mol. The standard InChI is InChI=1S/C9H16N2O3/c1-6(5-7(10)14-11)8(12)13-9(2,3)4/h10H,1,5,11H2,2-4H3. The molecule has 0 radical (unpaired) electrons. The van der Waals surface area contributed by atoms with Gasteiger partial charge >= 0.3 is 5.97 Å². The molecule has 0 bridgehead atoms. The Kier molecular flexibility index (Phi) is 4.30. The van der Waals surface area contributed by atoms with Gasteiger partial charge in [-0.05, 0) is 20.8 Å². The van der Waals surface area contributed by atoms with Crippen molar-refractivity contribution in [1.29, 1.82) is 5.41 Å². The van der Waals surface area contributed by atoms with Crippen molar-refractivity contribution in [1.82, 2.24) is 0 Å². The van der Waals surface area contributed by atoms with Crippen molar-refractivity contribution in [3.63, 3.8) is 0 Å². The summed E-state index contributed by atoms with van der Waals surface area (Å²) >= 11 is 0. The van der Waals surface area contributed by atoms with Crippen molar-refractivity contribution in [3.8, 4) is 0 Å². The van der Waals surface area contributed by atoms with Crippen LogP contribution >= 0.6 is 0 Å². The van der Waals surface area contributed by atoms with Gasteiger partial charge in [0.05, 0.1) is 6.42 Å². The molecule has 0 atom stereocenters. The molecule has 0 unspecified atom stereocenters. The van der Waals surface area contributed by atoms with E-state index in [1.54, 1.807) is 20.8 Å². The van der Waals surface area contributed by atoms with E-state index in [1.807, 2.05) is 0 Å². The predicted octanol–water partition coefficient (Wildman–Crippen LogP) is 1.14. The zero-order valence-electron chi connectivity index (χ0n) is 8.72. The second-order valence-electron chi connectivity index (χ2n) is 3.82. The van der Waals surface area contributed by atoms with Gasteiger partial charge in [0.25, 0.3) is 0 Å². The van der Waals surface area contributed by atoms with Crippen LogP contribution in [-0.4, -0.2) is 17.5 Å². The fraction of sp³-hybridized carbons (Fsp3) is 0.556. The van der Waals surface area contributed by atoms with Gasteiger partial charge in [-0.3, -0.25) is 5.41 Å². The summed E-state index contributed by atoms with van der Waals surface area (Å²) in [6.07, 6.45) is -0.0363. The number of rotatable bonds is 3. The normalized spacial score (nSPS) is 10.6. The van der Waals surface area contributed by atoms with Crippen LogP contribution < -0.4 is 5.90 Å². The first-order valence-electron chi connectivity index (χ1n) is 4.11. The first kappa shape index (κ1) is 12.6. The number of ether oxygens (including phenoxy) is 1. The van der Waals surface area contributed by atoms with Crippen molar-refractivity contribution >= 4 is 11.9 Å². The summed E-state index contributed by atoms with van der Waals surface area (Å²) in [5.74, 6) is 3.97. The molecule has 0 aromatic carbocycles. The summed E-state index contributed by atoms with van der Waals surface area (Å²) in [4.78, 5) is 15.4. The largest absolute Gasteiger partial charge is 0.457 e. The van der Waals surface area contributed by atoms with Crippen LogP contribution in [0.1, 0.15) is 27.2 Å². The van der Waals surface area contributed by atoms with Gasteiger partial charge in [0.1, 0.15) is 5.60 Å². The van der Waals surface area contributed by atoms with E-state index in [4.69, 9.17) is 16.0 Å². The van der Waals surface area contributed by atoms with Crippen molar-refractivity contribution in [2.75, 3.05) is 0 Å². The molecule has 0 heterocycles. The molecule has 80 valence electrons. The molecule has 0 amide bonds. The fourth-order valence-corrected chi connectivity index (χ4v) is 0.658. The summed E-state index contributed by atoms with van der Waals surface area (Å²) in [5, 5.41) is 7.08. The second kappa shape index (κ2) is 4.76. The number of esters is 1. The van der Waals surface area contributed by atoms with Crippen LogP contribution in [0.3, 0.4) is 0 Å².